The van der Waals surface area contributed by atoms with E-state index in [4.69, 9.17) is 9.47 Å². The van der Waals surface area contributed by atoms with E-state index in [0.29, 0.717) is 23.9 Å². The van der Waals surface area contributed by atoms with Gasteiger partial charge in [0.25, 0.3) is 5.91 Å². The summed E-state index contributed by atoms with van der Waals surface area (Å²) in [7, 11) is 1.72. The number of amides is 1. The minimum absolute atomic E-state index is 0.0611. The second kappa shape index (κ2) is 6.12. The molecule has 0 aliphatic carbocycles. The average Bonchev–Trinajstić information content (AvgIpc) is 3.06. The highest BCUT2D eigenvalue weighted by molar-refractivity contribution is 5.94. The Labute approximate surface area is 125 Å². The lowest BCUT2D eigenvalue weighted by Gasteiger charge is -2.19. The van der Waals surface area contributed by atoms with Crippen LogP contribution in [0.25, 0.3) is 0 Å². The summed E-state index contributed by atoms with van der Waals surface area (Å²) in [5, 5.41) is 0. The van der Waals surface area contributed by atoms with Crippen LogP contribution in [0.4, 0.5) is 0 Å². The number of carbonyl (C=O) groups excluding carboxylic acids is 1. The minimum atomic E-state index is 0.0611. The minimum Gasteiger partial charge on any atom is -0.385 e. The molecule has 0 radical (unpaired) electrons. The largest absolute Gasteiger partial charge is 0.385 e. The number of aromatic nitrogens is 1. The highest BCUT2D eigenvalue weighted by Crippen LogP contribution is 2.35. The van der Waals surface area contributed by atoms with Crippen LogP contribution in [0.3, 0.4) is 0 Å². The number of carbonyl (C=O) groups is 1. The standard InChI is InChI=1S/C16H22N2O3/c1-11-3-4-12(7-17-11)16(19)18-8-14-13(5-6-20-2)10-21-15(14)9-18/h3-4,7,13-15H,5-6,8-10H2,1-2H3/t13-,14-,15-/m0/s1. The number of nitrogens with zero attached hydrogens (tertiary/aromatic N) is 2. The molecule has 5 heteroatoms. The maximum atomic E-state index is 12.5. The Morgan fingerprint density at radius 2 is 2.33 bits per heavy atom. The fraction of sp³-hybridized carbons (Fsp3) is 0.625. The zero-order valence-corrected chi connectivity index (χ0v) is 12.6. The third-order valence-electron chi connectivity index (χ3n) is 4.58. The Morgan fingerprint density at radius 3 is 3.05 bits per heavy atom. The van der Waals surface area contributed by atoms with E-state index in [1.54, 1.807) is 13.3 Å². The van der Waals surface area contributed by atoms with Gasteiger partial charge in [0.05, 0.1) is 18.3 Å². The molecule has 21 heavy (non-hydrogen) atoms. The van der Waals surface area contributed by atoms with Crippen LogP contribution in [0.5, 0.6) is 0 Å². The molecule has 1 aromatic rings. The van der Waals surface area contributed by atoms with E-state index >= 15 is 0 Å². The van der Waals surface area contributed by atoms with Gasteiger partial charge in [0, 0.05) is 44.6 Å². The molecule has 3 heterocycles. The van der Waals surface area contributed by atoms with Crippen molar-refractivity contribution in [2.24, 2.45) is 11.8 Å². The first-order valence-corrected chi connectivity index (χ1v) is 7.51. The third-order valence-corrected chi connectivity index (χ3v) is 4.58. The predicted molar refractivity (Wildman–Crippen MR) is 78.1 cm³/mol. The molecular weight excluding hydrogens is 268 g/mol. The normalized spacial score (nSPS) is 27.9. The lowest BCUT2D eigenvalue weighted by atomic mass is 9.91. The molecule has 2 aliphatic heterocycles. The molecule has 2 saturated heterocycles. The van der Waals surface area contributed by atoms with E-state index in [9.17, 15) is 4.79 Å². The molecule has 0 aromatic carbocycles. The van der Waals surface area contributed by atoms with Crippen molar-refractivity contribution < 1.29 is 14.3 Å². The quantitative estimate of drug-likeness (QED) is 0.843. The molecule has 3 rings (SSSR count). The summed E-state index contributed by atoms with van der Waals surface area (Å²) in [6.45, 7) is 4.95. The van der Waals surface area contributed by atoms with Gasteiger partial charge in [0.15, 0.2) is 0 Å². The molecule has 5 nitrogen and oxygen atoms in total. The molecule has 114 valence electrons. The van der Waals surface area contributed by atoms with Crippen LogP contribution in [0, 0.1) is 18.8 Å². The number of likely N-dealkylation sites (tertiary alicyclic amines) is 1. The number of pyridine rings is 1. The van der Waals surface area contributed by atoms with Crippen LogP contribution in [0.15, 0.2) is 18.3 Å². The smallest absolute Gasteiger partial charge is 0.255 e. The Kier molecular flexibility index (Phi) is 4.22. The summed E-state index contributed by atoms with van der Waals surface area (Å²) in [5.74, 6) is 1.01. The number of ether oxygens (including phenoxy) is 2. The first kappa shape index (κ1) is 14.5. The maximum absolute atomic E-state index is 12.5. The van der Waals surface area contributed by atoms with E-state index in [-0.39, 0.29) is 12.0 Å². The van der Waals surface area contributed by atoms with Gasteiger partial charge in [-0.3, -0.25) is 9.78 Å². The van der Waals surface area contributed by atoms with Crippen molar-refractivity contribution in [2.75, 3.05) is 33.4 Å². The fourth-order valence-corrected chi connectivity index (χ4v) is 3.31. The van der Waals surface area contributed by atoms with Gasteiger partial charge in [-0.25, -0.2) is 0 Å². The third kappa shape index (κ3) is 2.94. The van der Waals surface area contributed by atoms with Gasteiger partial charge >= 0.3 is 0 Å². The number of hydrogen-bond acceptors (Lipinski definition) is 4. The van der Waals surface area contributed by atoms with Crippen LogP contribution in [0.2, 0.25) is 0 Å². The van der Waals surface area contributed by atoms with E-state index in [1.807, 2.05) is 24.0 Å². The molecule has 0 bridgehead atoms. The highest BCUT2D eigenvalue weighted by atomic mass is 16.5. The second-order valence-electron chi connectivity index (χ2n) is 5.98. The van der Waals surface area contributed by atoms with Gasteiger partial charge in [0.1, 0.15) is 0 Å². The number of hydrogen-bond donors (Lipinski definition) is 0. The van der Waals surface area contributed by atoms with E-state index < -0.39 is 0 Å². The van der Waals surface area contributed by atoms with E-state index in [0.717, 1.165) is 31.9 Å². The van der Waals surface area contributed by atoms with Crippen LogP contribution >= 0.6 is 0 Å². The summed E-state index contributed by atoms with van der Waals surface area (Å²) in [6, 6.07) is 3.73. The van der Waals surface area contributed by atoms with E-state index in [2.05, 4.69) is 4.98 Å². The Balaban J connectivity index is 1.64. The first-order chi connectivity index (χ1) is 10.2. The van der Waals surface area contributed by atoms with Gasteiger partial charge in [-0.1, -0.05) is 0 Å². The summed E-state index contributed by atoms with van der Waals surface area (Å²) in [6.07, 6.45) is 2.86. The van der Waals surface area contributed by atoms with E-state index in [1.165, 1.54) is 0 Å². The Hall–Kier alpha value is -1.46. The lowest BCUT2D eigenvalue weighted by Crippen LogP contribution is -2.31. The van der Waals surface area contributed by atoms with Crippen molar-refractivity contribution in [3.63, 3.8) is 0 Å². The number of fused-ring (bicyclic) bond motifs is 1. The van der Waals surface area contributed by atoms with Crippen LogP contribution in [-0.2, 0) is 9.47 Å². The van der Waals surface area contributed by atoms with Gasteiger partial charge in [-0.15, -0.1) is 0 Å². The van der Waals surface area contributed by atoms with Crippen molar-refractivity contribution >= 4 is 5.91 Å². The molecule has 2 fully saturated rings. The summed E-state index contributed by atoms with van der Waals surface area (Å²) >= 11 is 0. The summed E-state index contributed by atoms with van der Waals surface area (Å²) in [5.41, 5.74) is 1.59. The topological polar surface area (TPSA) is 51.7 Å². The van der Waals surface area contributed by atoms with Crippen LogP contribution in [-0.4, -0.2) is 55.3 Å². The van der Waals surface area contributed by atoms with Crippen molar-refractivity contribution in [1.29, 1.82) is 0 Å². The zero-order chi connectivity index (χ0) is 14.8. The molecular formula is C16H22N2O3. The number of rotatable bonds is 4. The molecule has 3 atom stereocenters. The molecule has 0 N–H and O–H groups in total. The van der Waals surface area contributed by atoms with Crippen molar-refractivity contribution in [2.45, 2.75) is 19.4 Å². The van der Waals surface area contributed by atoms with Crippen molar-refractivity contribution in [1.82, 2.24) is 9.88 Å². The van der Waals surface area contributed by atoms with Gasteiger partial charge < -0.3 is 14.4 Å². The lowest BCUT2D eigenvalue weighted by molar-refractivity contribution is 0.0666. The predicted octanol–water partition coefficient (Wildman–Crippen LogP) is 1.51. The molecule has 0 spiro atoms. The summed E-state index contributed by atoms with van der Waals surface area (Å²) in [4.78, 5) is 18.6. The Bertz CT molecular complexity index is 503. The number of aryl methyl sites for hydroxylation is 1. The fourth-order valence-electron chi connectivity index (χ4n) is 3.31. The molecule has 1 aromatic heterocycles. The molecule has 1 amide bonds. The molecule has 0 unspecified atom stereocenters. The maximum Gasteiger partial charge on any atom is 0.255 e. The highest BCUT2D eigenvalue weighted by Gasteiger charge is 2.44. The SMILES string of the molecule is COCC[C@H]1CO[C@H]2CN(C(=O)c3ccc(C)nc3)C[C@@H]12. The first-order valence-electron chi connectivity index (χ1n) is 7.51. The average molecular weight is 290 g/mol. The van der Waals surface area contributed by atoms with Crippen LogP contribution in [0.1, 0.15) is 22.5 Å². The monoisotopic (exact) mass is 290 g/mol. The van der Waals surface area contributed by atoms with Crippen molar-refractivity contribution in [3.8, 4) is 0 Å². The van der Waals surface area contributed by atoms with Gasteiger partial charge in [-0.05, 0) is 31.4 Å². The number of methoxy groups -OCH3 is 1. The van der Waals surface area contributed by atoms with Crippen LogP contribution < -0.4 is 0 Å². The molecule has 0 saturated carbocycles. The zero-order valence-electron chi connectivity index (χ0n) is 12.6. The second-order valence-corrected chi connectivity index (χ2v) is 5.98. The Morgan fingerprint density at radius 1 is 1.48 bits per heavy atom. The van der Waals surface area contributed by atoms with Gasteiger partial charge in [-0.2, -0.15) is 0 Å². The molecule has 2 aliphatic rings. The van der Waals surface area contributed by atoms with Crippen molar-refractivity contribution in [3.05, 3.63) is 29.6 Å². The summed E-state index contributed by atoms with van der Waals surface area (Å²) < 4.78 is 11.0. The van der Waals surface area contributed by atoms with Gasteiger partial charge in [0.2, 0.25) is 0 Å².